The first-order valence-corrected chi connectivity index (χ1v) is 12.8. The lowest BCUT2D eigenvalue weighted by Crippen LogP contribution is -2.47. The van der Waals surface area contributed by atoms with Crippen LogP contribution < -0.4 is 5.32 Å². The number of rotatable bonds is 10. The second-order valence-electron chi connectivity index (χ2n) is 9.66. The quantitative estimate of drug-likeness (QED) is 0.443. The number of benzene rings is 2. The highest BCUT2D eigenvalue weighted by Gasteiger charge is 2.39. The highest BCUT2D eigenvalue weighted by atomic mass is 16.7. The average molecular weight is 513 g/mol. The Morgan fingerprint density at radius 2 is 1.78 bits per heavy atom. The molecule has 0 spiro atoms. The van der Waals surface area contributed by atoms with Gasteiger partial charge in [0.2, 0.25) is 5.91 Å². The van der Waals surface area contributed by atoms with E-state index in [-0.39, 0.29) is 49.9 Å². The summed E-state index contributed by atoms with van der Waals surface area (Å²) in [4.78, 5) is 25.4. The molecule has 0 unspecified atom stereocenters. The molecule has 0 saturated carbocycles. The number of carbonyl (C=O) groups excluding carboxylic acids is 1. The summed E-state index contributed by atoms with van der Waals surface area (Å²) in [6.45, 7) is 6.02. The molecule has 2 fully saturated rings. The first-order chi connectivity index (χ1) is 17.9. The number of ether oxygens (including phenoxy) is 3. The summed E-state index contributed by atoms with van der Waals surface area (Å²) in [7, 11) is 0. The van der Waals surface area contributed by atoms with E-state index in [4.69, 9.17) is 19.3 Å². The van der Waals surface area contributed by atoms with E-state index in [0.717, 1.165) is 36.3 Å². The fourth-order valence-electron chi connectivity index (χ4n) is 4.75. The molecule has 9 nitrogen and oxygen atoms in total. The Morgan fingerprint density at radius 3 is 2.49 bits per heavy atom. The number of aliphatic hydroxyl groups excluding tert-OH is 1. The van der Waals surface area contributed by atoms with Crippen molar-refractivity contribution < 1.29 is 34.0 Å². The Morgan fingerprint density at radius 1 is 1.03 bits per heavy atom. The fraction of sp³-hybridized carbons (Fsp3) is 0.500. The summed E-state index contributed by atoms with van der Waals surface area (Å²) in [6, 6.07) is 15.2. The van der Waals surface area contributed by atoms with Crippen molar-refractivity contribution in [3.63, 3.8) is 0 Å². The minimum absolute atomic E-state index is 0.0123. The Labute approximate surface area is 217 Å². The minimum atomic E-state index is -0.914. The number of carboxylic acid groups (broad SMARTS) is 1. The largest absolute Gasteiger partial charge is 0.481 e. The third-order valence-electron chi connectivity index (χ3n) is 6.90. The summed E-state index contributed by atoms with van der Waals surface area (Å²) in [5.41, 5.74) is 3.26. The topological polar surface area (TPSA) is 118 Å². The van der Waals surface area contributed by atoms with E-state index in [1.807, 2.05) is 42.5 Å². The molecule has 0 aromatic heterocycles. The van der Waals surface area contributed by atoms with Gasteiger partial charge in [0.15, 0.2) is 6.29 Å². The van der Waals surface area contributed by atoms with Crippen LogP contribution in [0.4, 0.5) is 5.69 Å². The van der Waals surface area contributed by atoms with Crippen LogP contribution in [0.1, 0.15) is 55.3 Å². The van der Waals surface area contributed by atoms with E-state index in [1.54, 1.807) is 6.07 Å². The molecule has 0 bridgehead atoms. The van der Waals surface area contributed by atoms with Crippen LogP contribution in [0.2, 0.25) is 0 Å². The number of aliphatic carboxylic acids is 1. The number of amides is 1. The van der Waals surface area contributed by atoms with Crippen LogP contribution in [-0.2, 0) is 30.4 Å². The standard InChI is InChI=1S/C28H36N2O7/c1-19-24(17-30-12-14-35-15-13-30)36-28(37-27(19)21-10-8-20(18-31)9-11-21)22-4-2-5-23(16-22)29-25(32)6-3-7-26(33)34/h2,4-5,8-11,16,19,24,27-28,31H,3,6-7,12-15,17-18H2,1H3,(H,29,32)(H,33,34)/t19-,24+,27+,28+/m1/s1. The van der Waals surface area contributed by atoms with Crippen molar-refractivity contribution in [3.05, 3.63) is 65.2 Å². The smallest absolute Gasteiger partial charge is 0.303 e. The van der Waals surface area contributed by atoms with E-state index in [0.29, 0.717) is 18.9 Å². The Bertz CT molecular complexity index is 1040. The maximum atomic E-state index is 12.3. The molecule has 2 aromatic rings. The summed E-state index contributed by atoms with van der Waals surface area (Å²) in [5.74, 6) is -1.07. The molecule has 2 aromatic carbocycles. The number of carboxylic acids is 1. The molecule has 0 radical (unpaired) electrons. The molecular formula is C28H36N2O7. The van der Waals surface area contributed by atoms with Crippen LogP contribution in [0.5, 0.6) is 0 Å². The number of anilines is 1. The van der Waals surface area contributed by atoms with Crippen molar-refractivity contribution in [1.82, 2.24) is 4.90 Å². The molecule has 2 aliphatic heterocycles. The molecule has 200 valence electrons. The van der Waals surface area contributed by atoms with E-state index in [2.05, 4.69) is 17.1 Å². The van der Waals surface area contributed by atoms with Crippen molar-refractivity contribution in [2.45, 2.75) is 51.3 Å². The zero-order valence-electron chi connectivity index (χ0n) is 21.2. The molecule has 2 saturated heterocycles. The van der Waals surface area contributed by atoms with Crippen molar-refractivity contribution in [3.8, 4) is 0 Å². The van der Waals surface area contributed by atoms with E-state index in [1.165, 1.54) is 0 Å². The van der Waals surface area contributed by atoms with Crippen molar-refractivity contribution in [2.24, 2.45) is 5.92 Å². The van der Waals surface area contributed by atoms with Crippen LogP contribution in [0.15, 0.2) is 48.5 Å². The van der Waals surface area contributed by atoms with Gasteiger partial charge in [-0.3, -0.25) is 14.5 Å². The zero-order valence-corrected chi connectivity index (χ0v) is 21.2. The molecule has 2 aliphatic rings. The summed E-state index contributed by atoms with van der Waals surface area (Å²) >= 11 is 0. The molecule has 0 aliphatic carbocycles. The lowest BCUT2D eigenvalue weighted by atomic mass is 9.90. The third-order valence-corrected chi connectivity index (χ3v) is 6.90. The molecule has 4 atom stereocenters. The van der Waals surface area contributed by atoms with Gasteiger partial charge in [-0.05, 0) is 29.7 Å². The van der Waals surface area contributed by atoms with Gasteiger partial charge in [-0.15, -0.1) is 0 Å². The van der Waals surface area contributed by atoms with E-state index < -0.39 is 12.3 Å². The number of morpholine rings is 1. The first kappa shape index (κ1) is 27.2. The Balaban J connectivity index is 1.51. The molecule has 2 heterocycles. The van der Waals surface area contributed by atoms with Crippen LogP contribution in [0.25, 0.3) is 0 Å². The lowest BCUT2D eigenvalue weighted by Gasteiger charge is -2.43. The normalized spacial score (nSPS) is 24.5. The number of aliphatic hydroxyl groups is 1. The van der Waals surface area contributed by atoms with Gasteiger partial charge in [0, 0.05) is 49.6 Å². The van der Waals surface area contributed by atoms with E-state index in [9.17, 15) is 14.7 Å². The van der Waals surface area contributed by atoms with Crippen LogP contribution >= 0.6 is 0 Å². The van der Waals surface area contributed by atoms with Crippen molar-refractivity contribution in [1.29, 1.82) is 0 Å². The van der Waals surface area contributed by atoms with Gasteiger partial charge in [0.25, 0.3) is 0 Å². The molecular weight excluding hydrogens is 476 g/mol. The van der Waals surface area contributed by atoms with Crippen molar-refractivity contribution in [2.75, 3.05) is 38.2 Å². The molecule has 3 N–H and O–H groups in total. The van der Waals surface area contributed by atoms with Gasteiger partial charge in [-0.25, -0.2) is 0 Å². The maximum absolute atomic E-state index is 12.3. The van der Waals surface area contributed by atoms with Gasteiger partial charge >= 0.3 is 5.97 Å². The minimum Gasteiger partial charge on any atom is -0.481 e. The van der Waals surface area contributed by atoms with Crippen LogP contribution in [0.3, 0.4) is 0 Å². The molecule has 37 heavy (non-hydrogen) atoms. The zero-order chi connectivity index (χ0) is 26.2. The first-order valence-electron chi connectivity index (χ1n) is 12.8. The average Bonchev–Trinajstić information content (AvgIpc) is 2.90. The number of nitrogens with one attached hydrogen (secondary N) is 1. The third kappa shape index (κ3) is 7.59. The predicted molar refractivity (Wildman–Crippen MR) is 137 cm³/mol. The predicted octanol–water partition coefficient (Wildman–Crippen LogP) is 3.50. The van der Waals surface area contributed by atoms with Gasteiger partial charge in [-0.1, -0.05) is 43.3 Å². The monoisotopic (exact) mass is 512 g/mol. The molecule has 4 rings (SSSR count). The number of hydrogen-bond acceptors (Lipinski definition) is 7. The second kappa shape index (κ2) is 13.1. The SMILES string of the molecule is C[C@@H]1[C@H](CN2CCOCC2)O[C@H](c2cccc(NC(=O)CCCC(=O)O)c2)O[C@@H]1c1ccc(CO)cc1. The maximum Gasteiger partial charge on any atom is 0.303 e. The van der Waals surface area contributed by atoms with Crippen molar-refractivity contribution >= 4 is 17.6 Å². The van der Waals surface area contributed by atoms with Gasteiger partial charge in [0.1, 0.15) is 0 Å². The number of carbonyl (C=O) groups is 2. The fourth-order valence-corrected chi connectivity index (χ4v) is 4.75. The van der Waals surface area contributed by atoms with Gasteiger partial charge < -0.3 is 29.7 Å². The van der Waals surface area contributed by atoms with Crippen LogP contribution in [0, 0.1) is 5.92 Å². The van der Waals surface area contributed by atoms with Crippen LogP contribution in [-0.4, -0.2) is 65.9 Å². The number of hydrogen-bond donors (Lipinski definition) is 3. The summed E-state index contributed by atoms with van der Waals surface area (Å²) < 4.78 is 18.5. The Hall–Kier alpha value is -2.82. The summed E-state index contributed by atoms with van der Waals surface area (Å²) in [5, 5.41) is 21.1. The molecule has 9 heteroatoms. The summed E-state index contributed by atoms with van der Waals surface area (Å²) in [6.07, 6.45) is -0.555. The van der Waals surface area contributed by atoms with Gasteiger partial charge in [0.05, 0.1) is 32.0 Å². The van der Waals surface area contributed by atoms with E-state index >= 15 is 0 Å². The lowest BCUT2D eigenvalue weighted by molar-refractivity contribution is -0.277. The highest BCUT2D eigenvalue weighted by Crippen LogP contribution is 2.42. The second-order valence-corrected chi connectivity index (χ2v) is 9.66. The van der Waals surface area contributed by atoms with Gasteiger partial charge in [-0.2, -0.15) is 0 Å². The number of nitrogens with zero attached hydrogens (tertiary/aromatic N) is 1. The Kier molecular flexibility index (Phi) is 9.65. The highest BCUT2D eigenvalue weighted by molar-refractivity contribution is 5.90. The molecule has 1 amide bonds.